The minimum Gasteiger partial charge on any atom is -0.326 e. The first-order valence-corrected chi connectivity index (χ1v) is 4.77. The number of nitro benzene ring substituents is 1. The predicted molar refractivity (Wildman–Crippen MR) is 58.4 cm³/mol. The maximum absolute atomic E-state index is 10.6. The molecule has 0 aliphatic carbocycles. The zero-order valence-electron chi connectivity index (χ0n) is 7.08. The third kappa shape index (κ3) is 2.16. The van der Waals surface area contributed by atoms with Gasteiger partial charge in [-0.05, 0) is 40.6 Å². The summed E-state index contributed by atoms with van der Waals surface area (Å²) in [4.78, 5) is 10.2. The van der Waals surface area contributed by atoms with Gasteiger partial charge >= 0.3 is 0 Å². The Morgan fingerprint density at radius 2 is 2.23 bits per heavy atom. The van der Waals surface area contributed by atoms with E-state index in [4.69, 9.17) is 5.73 Å². The van der Waals surface area contributed by atoms with Crippen LogP contribution < -0.4 is 5.73 Å². The number of nitrogens with zero attached hydrogens (tertiary/aromatic N) is 1. The topological polar surface area (TPSA) is 69.2 Å². The van der Waals surface area contributed by atoms with Crippen molar-refractivity contribution in [2.45, 2.75) is 13.5 Å². The first-order valence-electron chi connectivity index (χ1n) is 3.69. The maximum Gasteiger partial charge on any atom is 0.283 e. The molecular weight excluding hydrogens is 283 g/mol. The molecule has 0 unspecified atom stereocenters. The number of nitrogens with two attached hydrogens (primary N) is 1. The van der Waals surface area contributed by atoms with Crippen LogP contribution in [-0.4, -0.2) is 4.92 Å². The van der Waals surface area contributed by atoms with Gasteiger partial charge in [0.1, 0.15) is 0 Å². The molecule has 0 bridgehead atoms. The van der Waals surface area contributed by atoms with Crippen molar-refractivity contribution in [3.8, 4) is 0 Å². The molecule has 0 aromatic heterocycles. The summed E-state index contributed by atoms with van der Waals surface area (Å²) in [5.41, 5.74) is 7.30. The van der Waals surface area contributed by atoms with Crippen molar-refractivity contribution in [1.29, 1.82) is 0 Å². The Morgan fingerprint density at radius 1 is 1.62 bits per heavy atom. The highest BCUT2D eigenvalue weighted by molar-refractivity contribution is 14.1. The second-order valence-electron chi connectivity index (χ2n) is 2.72. The van der Waals surface area contributed by atoms with Crippen LogP contribution in [0.25, 0.3) is 0 Å². The molecule has 2 N–H and O–H groups in total. The van der Waals surface area contributed by atoms with E-state index in [-0.39, 0.29) is 10.6 Å². The van der Waals surface area contributed by atoms with Crippen LogP contribution in [0.2, 0.25) is 0 Å². The number of aryl methyl sites for hydroxylation is 1. The molecule has 0 atom stereocenters. The fourth-order valence-electron chi connectivity index (χ4n) is 1.10. The van der Waals surface area contributed by atoms with Crippen molar-refractivity contribution in [2.75, 3.05) is 0 Å². The van der Waals surface area contributed by atoms with Crippen molar-refractivity contribution in [3.05, 3.63) is 36.9 Å². The smallest absolute Gasteiger partial charge is 0.283 e. The second-order valence-corrected chi connectivity index (χ2v) is 3.80. The van der Waals surface area contributed by atoms with E-state index in [1.54, 1.807) is 6.07 Å². The lowest BCUT2D eigenvalue weighted by Gasteiger charge is -2.03. The van der Waals surface area contributed by atoms with E-state index in [9.17, 15) is 10.1 Å². The van der Waals surface area contributed by atoms with E-state index in [1.807, 2.05) is 35.6 Å². The lowest BCUT2D eigenvalue weighted by Crippen LogP contribution is -2.02. The zero-order chi connectivity index (χ0) is 10.0. The monoisotopic (exact) mass is 292 g/mol. The number of rotatable bonds is 2. The van der Waals surface area contributed by atoms with Crippen LogP contribution in [-0.2, 0) is 6.54 Å². The first-order chi connectivity index (χ1) is 6.06. The molecule has 1 aromatic rings. The summed E-state index contributed by atoms with van der Waals surface area (Å²) >= 11 is 1.95. The number of halogens is 1. The molecule has 0 heterocycles. The molecule has 0 saturated carbocycles. The SMILES string of the molecule is Cc1cc(CN)c(I)c([N+](=O)[O-])c1. The van der Waals surface area contributed by atoms with Gasteiger partial charge in [0.05, 0.1) is 8.49 Å². The van der Waals surface area contributed by atoms with Crippen LogP contribution in [0.5, 0.6) is 0 Å². The Bertz CT molecular complexity index is 352. The van der Waals surface area contributed by atoms with E-state index in [0.717, 1.165) is 11.1 Å². The highest BCUT2D eigenvalue weighted by Gasteiger charge is 2.15. The van der Waals surface area contributed by atoms with Crippen molar-refractivity contribution < 1.29 is 4.92 Å². The number of nitro groups is 1. The molecule has 5 heteroatoms. The predicted octanol–water partition coefficient (Wildman–Crippen LogP) is 1.97. The fraction of sp³-hybridized carbons (Fsp3) is 0.250. The van der Waals surface area contributed by atoms with Gasteiger partial charge in [0.25, 0.3) is 5.69 Å². The molecule has 0 saturated heterocycles. The van der Waals surface area contributed by atoms with Gasteiger partial charge in [-0.25, -0.2) is 0 Å². The minimum atomic E-state index is -0.381. The summed E-state index contributed by atoms with van der Waals surface area (Å²) in [6.07, 6.45) is 0. The summed E-state index contributed by atoms with van der Waals surface area (Å²) in [6.45, 7) is 2.16. The van der Waals surface area contributed by atoms with E-state index in [1.165, 1.54) is 0 Å². The van der Waals surface area contributed by atoms with E-state index < -0.39 is 0 Å². The number of hydrogen-bond acceptors (Lipinski definition) is 3. The summed E-state index contributed by atoms with van der Waals surface area (Å²) in [7, 11) is 0. The molecule has 0 radical (unpaired) electrons. The quantitative estimate of drug-likeness (QED) is 0.514. The average molecular weight is 292 g/mol. The lowest BCUT2D eigenvalue weighted by molar-refractivity contribution is -0.385. The molecule has 0 amide bonds. The Labute approximate surface area is 89.4 Å². The highest BCUT2D eigenvalue weighted by Crippen LogP contribution is 2.25. The van der Waals surface area contributed by atoms with Crippen molar-refractivity contribution >= 4 is 28.3 Å². The van der Waals surface area contributed by atoms with Gasteiger partial charge in [-0.3, -0.25) is 10.1 Å². The maximum atomic E-state index is 10.6. The summed E-state index contributed by atoms with van der Waals surface area (Å²) in [5, 5.41) is 10.6. The van der Waals surface area contributed by atoms with Crippen LogP contribution in [0.3, 0.4) is 0 Å². The van der Waals surface area contributed by atoms with Crippen LogP contribution in [0, 0.1) is 20.6 Å². The molecule has 1 rings (SSSR count). The van der Waals surface area contributed by atoms with Gasteiger partial charge in [-0.1, -0.05) is 6.07 Å². The molecule has 0 fully saturated rings. The number of hydrogen-bond donors (Lipinski definition) is 1. The Hall–Kier alpha value is -0.690. The van der Waals surface area contributed by atoms with Crippen molar-refractivity contribution in [2.24, 2.45) is 5.73 Å². The molecule has 0 spiro atoms. The standard InChI is InChI=1S/C8H9IN2O2/c1-5-2-6(4-10)8(9)7(3-5)11(12)13/h2-3H,4,10H2,1H3. The lowest BCUT2D eigenvalue weighted by atomic mass is 10.1. The van der Waals surface area contributed by atoms with Gasteiger partial charge in [-0.2, -0.15) is 0 Å². The van der Waals surface area contributed by atoms with Gasteiger partial charge in [0.15, 0.2) is 0 Å². The van der Waals surface area contributed by atoms with Crippen LogP contribution in [0.4, 0.5) is 5.69 Å². The third-order valence-corrected chi connectivity index (χ3v) is 2.94. The third-order valence-electron chi connectivity index (χ3n) is 1.69. The molecule has 0 aliphatic heterocycles. The Balaban J connectivity index is 3.35. The van der Waals surface area contributed by atoms with Crippen molar-refractivity contribution in [3.63, 3.8) is 0 Å². The highest BCUT2D eigenvalue weighted by atomic mass is 127. The van der Waals surface area contributed by atoms with Crippen LogP contribution >= 0.6 is 22.6 Å². The van der Waals surface area contributed by atoms with Gasteiger partial charge in [0.2, 0.25) is 0 Å². The number of benzene rings is 1. The molecule has 4 nitrogen and oxygen atoms in total. The van der Waals surface area contributed by atoms with Crippen LogP contribution in [0.1, 0.15) is 11.1 Å². The van der Waals surface area contributed by atoms with Gasteiger partial charge < -0.3 is 5.73 Å². The second kappa shape index (κ2) is 4.01. The van der Waals surface area contributed by atoms with Gasteiger partial charge in [0, 0.05) is 12.6 Å². The zero-order valence-corrected chi connectivity index (χ0v) is 9.24. The van der Waals surface area contributed by atoms with E-state index in [2.05, 4.69) is 0 Å². The summed E-state index contributed by atoms with van der Waals surface area (Å²) < 4.78 is 0.635. The molecule has 0 aliphatic rings. The Morgan fingerprint density at radius 3 is 2.69 bits per heavy atom. The average Bonchev–Trinajstić information content (AvgIpc) is 2.08. The summed E-state index contributed by atoms with van der Waals surface area (Å²) in [6, 6.07) is 3.43. The largest absolute Gasteiger partial charge is 0.326 e. The minimum absolute atomic E-state index is 0.140. The normalized spacial score (nSPS) is 10.1. The van der Waals surface area contributed by atoms with Gasteiger partial charge in [-0.15, -0.1) is 0 Å². The molecule has 13 heavy (non-hydrogen) atoms. The van der Waals surface area contributed by atoms with E-state index >= 15 is 0 Å². The molecule has 1 aromatic carbocycles. The molecule has 70 valence electrons. The first kappa shape index (κ1) is 10.4. The van der Waals surface area contributed by atoms with Crippen molar-refractivity contribution in [1.82, 2.24) is 0 Å². The Kier molecular flexibility index (Phi) is 3.21. The van der Waals surface area contributed by atoms with Crippen LogP contribution in [0.15, 0.2) is 12.1 Å². The van der Waals surface area contributed by atoms with E-state index in [0.29, 0.717) is 10.1 Å². The fourth-order valence-corrected chi connectivity index (χ4v) is 1.83. The molecular formula is C8H9IN2O2. The summed E-state index contributed by atoms with van der Waals surface area (Å²) in [5.74, 6) is 0.